The number of aliphatic hydroxyl groups excluding tert-OH is 2. The molecule has 2 heterocycles. The lowest BCUT2D eigenvalue weighted by molar-refractivity contribution is -0.455. The van der Waals surface area contributed by atoms with Crippen LogP contribution < -0.4 is 0 Å². The number of carbonyl (C=O) groups excluding carboxylic acids is 2. The van der Waals surface area contributed by atoms with Crippen molar-refractivity contribution < 1.29 is 39.1 Å². The summed E-state index contributed by atoms with van der Waals surface area (Å²) in [6.45, 7) is 5.62. The summed E-state index contributed by atoms with van der Waals surface area (Å²) in [5.41, 5.74) is -2.83. The van der Waals surface area contributed by atoms with Gasteiger partial charge in [0.2, 0.25) is 5.79 Å². The van der Waals surface area contributed by atoms with E-state index in [0.29, 0.717) is 25.7 Å². The average Bonchev–Trinajstić information content (AvgIpc) is 2.89. The number of Topliss-reactive ketones (excluding diaryl/α,β-unsaturated/α-hetero) is 1. The van der Waals surface area contributed by atoms with Crippen molar-refractivity contribution in [1.82, 2.24) is 0 Å². The molecular weight excluding hydrogens is 404 g/mol. The SMILES string of the molecule is COC[C@H]1C(=O)C23C[C@H]1C[C@H](OC(C)=O)[C@@H]2[C@]12CO[C@]3(O)[C@@H](O)[C@@H]1C(C)(C)CC[C@@H]2O. The van der Waals surface area contributed by atoms with Crippen LogP contribution in [0.25, 0.3) is 0 Å². The molecule has 0 radical (unpaired) electrons. The van der Waals surface area contributed by atoms with E-state index in [2.05, 4.69) is 0 Å². The lowest BCUT2D eigenvalue weighted by atomic mass is 9.35. The van der Waals surface area contributed by atoms with Crippen LogP contribution in [0.1, 0.15) is 46.5 Å². The van der Waals surface area contributed by atoms with E-state index in [1.807, 2.05) is 13.8 Å². The summed E-state index contributed by atoms with van der Waals surface area (Å²) in [5, 5.41) is 35.0. The predicted molar refractivity (Wildman–Crippen MR) is 106 cm³/mol. The molecule has 6 aliphatic rings. The second-order valence-electron chi connectivity index (χ2n) is 11.3. The Morgan fingerprint density at radius 1 is 1.26 bits per heavy atom. The molecule has 31 heavy (non-hydrogen) atoms. The monoisotopic (exact) mass is 438 g/mol. The van der Waals surface area contributed by atoms with Gasteiger partial charge in [0.25, 0.3) is 0 Å². The standard InChI is InChI=1S/C23H34O8/c1-11(24)31-14-7-12-8-22(18(26)13(12)9-29-4)16(14)21-10-30-23(22,28)19(27)17(21)20(2,3)6-5-15(21)25/h12-17,19,25,27-28H,5-10H2,1-4H3/t12-,13-,14+,15+,16-,17-,19+,21-,22?,23-/m1/s1. The topological polar surface area (TPSA) is 123 Å². The van der Waals surface area contributed by atoms with Gasteiger partial charge in [0, 0.05) is 37.2 Å². The van der Waals surface area contributed by atoms with Gasteiger partial charge in [-0.15, -0.1) is 0 Å². The highest BCUT2D eigenvalue weighted by atomic mass is 16.6. The lowest BCUT2D eigenvalue weighted by Gasteiger charge is -2.74. The molecule has 4 saturated carbocycles. The van der Waals surface area contributed by atoms with Crippen LogP contribution in [0.15, 0.2) is 0 Å². The number of fused-ring (bicyclic) bond motifs is 2. The van der Waals surface area contributed by atoms with E-state index in [9.17, 15) is 24.9 Å². The van der Waals surface area contributed by atoms with Crippen LogP contribution in [0.5, 0.6) is 0 Å². The van der Waals surface area contributed by atoms with Crippen molar-refractivity contribution in [1.29, 1.82) is 0 Å². The van der Waals surface area contributed by atoms with Gasteiger partial charge in [0.15, 0.2) is 5.78 Å². The van der Waals surface area contributed by atoms with Crippen molar-refractivity contribution in [2.45, 2.75) is 70.6 Å². The fraction of sp³-hybridized carbons (Fsp3) is 0.913. The zero-order valence-electron chi connectivity index (χ0n) is 18.7. The highest BCUT2D eigenvalue weighted by molar-refractivity contribution is 5.92. The highest BCUT2D eigenvalue weighted by Gasteiger charge is 2.86. The van der Waals surface area contributed by atoms with Gasteiger partial charge in [-0.05, 0) is 37.0 Å². The third-order valence-electron chi connectivity index (χ3n) is 9.61. The Morgan fingerprint density at radius 3 is 2.61 bits per heavy atom. The van der Waals surface area contributed by atoms with Crippen molar-refractivity contribution in [3.8, 4) is 0 Å². The molecule has 0 amide bonds. The van der Waals surface area contributed by atoms with Crippen LogP contribution in [-0.4, -0.2) is 71.5 Å². The summed E-state index contributed by atoms with van der Waals surface area (Å²) in [6.07, 6.45) is -0.835. The molecule has 3 N–H and O–H groups in total. The van der Waals surface area contributed by atoms with E-state index in [1.54, 1.807) is 0 Å². The molecule has 4 bridgehead atoms. The lowest BCUT2D eigenvalue weighted by Crippen LogP contribution is -2.85. The first-order chi connectivity index (χ1) is 14.5. The third kappa shape index (κ3) is 2.33. The molecule has 6 rings (SSSR count). The second kappa shape index (κ2) is 6.50. The van der Waals surface area contributed by atoms with Gasteiger partial charge >= 0.3 is 5.97 Å². The maximum Gasteiger partial charge on any atom is 0.302 e. The van der Waals surface area contributed by atoms with Crippen LogP contribution in [0.3, 0.4) is 0 Å². The minimum absolute atomic E-state index is 0.0207. The van der Waals surface area contributed by atoms with Gasteiger partial charge in [0.1, 0.15) is 12.2 Å². The van der Waals surface area contributed by atoms with Crippen LogP contribution >= 0.6 is 0 Å². The van der Waals surface area contributed by atoms with Gasteiger partial charge in [0.05, 0.1) is 24.7 Å². The summed E-state index contributed by atoms with van der Waals surface area (Å²) in [4.78, 5) is 26.1. The number of carbonyl (C=O) groups is 2. The summed E-state index contributed by atoms with van der Waals surface area (Å²) in [7, 11) is 1.53. The Labute approximate surface area is 182 Å². The molecular formula is C23H34O8. The van der Waals surface area contributed by atoms with Gasteiger partial charge in [-0.1, -0.05) is 13.8 Å². The first kappa shape index (κ1) is 21.8. The second-order valence-corrected chi connectivity index (χ2v) is 11.3. The van der Waals surface area contributed by atoms with E-state index in [1.165, 1.54) is 14.0 Å². The Hall–Kier alpha value is -1.06. The zero-order valence-corrected chi connectivity index (χ0v) is 18.7. The number of esters is 1. The van der Waals surface area contributed by atoms with Crippen molar-refractivity contribution in [3.63, 3.8) is 0 Å². The number of ether oxygens (including phenoxy) is 3. The van der Waals surface area contributed by atoms with Crippen molar-refractivity contribution in [2.24, 2.45) is 39.9 Å². The van der Waals surface area contributed by atoms with E-state index in [-0.39, 0.29) is 24.9 Å². The molecule has 0 aromatic carbocycles. The molecule has 0 aromatic rings. The molecule has 8 heteroatoms. The predicted octanol–water partition coefficient (Wildman–Crippen LogP) is 0.653. The van der Waals surface area contributed by atoms with Crippen LogP contribution in [0.4, 0.5) is 0 Å². The fourth-order valence-corrected chi connectivity index (χ4v) is 8.76. The number of methoxy groups -OCH3 is 1. The first-order valence-corrected chi connectivity index (χ1v) is 11.4. The maximum atomic E-state index is 14.0. The average molecular weight is 439 g/mol. The third-order valence-corrected chi connectivity index (χ3v) is 9.61. The molecule has 2 saturated heterocycles. The molecule has 4 aliphatic carbocycles. The van der Waals surface area contributed by atoms with E-state index >= 15 is 0 Å². The number of hydrogen-bond acceptors (Lipinski definition) is 8. The summed E-state index contributed by atoms with van der Waals surface area (Å²) >= 11 is 0. The maximum absolute atomic E-state index is 14.0. The summed E-state index contributed by atoms with van der Waals surface area (Å²) < 4.78 is 17.1. The molecule has 0 aromatic heterocycles. The molecule has 8 nitrogen and oxygen atoms in total. The normalized spacial score (nSPS) is 54.3. The number of aliphatic hydroxyl groups is 3. The Kier molecular flexibility index (Phi) is 4.57. The highest BCUT2D eigenvalue weighted by Crippen LogP contribution is 2.76. The summed E-state index contributed by atoms with van der Waals surface area (Å²) in [5.74, 6) is -4.50. The molecule has 1 unspecified atom stereocenters. The number of rotatable bonds is 3. The number of hydrogen-bond donors (Lipinski definition) is 3. The minimum Gasteiger partial charge on any atom is -0.462 e. The van der Waals surface area contributed by atoms with Crippen molar-refractivity contribution in [2.75, 3.05) is 20.3 Å². The van der Waals surface area contributed by atoms with E-state index in [4.69, 9.17) is 14.2 Å². The van der Waals surface area contributed by atoms with Gasteiger partial charge < -0.3 is 29.5 Å². The molecule has 6 fully saturated rings. The van der Waals surface area contributed by atoms with Gasteiger partial charge in [-0.3, -0.25) is 9.59 Å². The molecule has 174 valence electrons. The smallest absolute Gasteiger partial charge is 0.302 e. The first-order valence-electron chi connectivity index (χ1n) is 11.4. The molecule has 10 atom stereocenters. The molecule has 2 spiro atoms. The quantitative estimate of drug-likeness (QED) is 0.549. The van der Waals surface area contributed by atoms with Crippen molar-refractivity contribution >= 4 is 11.8 Å². The van der Waals surface area contributed by atoms with Crippen molar-refractivity contribution in [3.05, 3.63) is 0 Å². The number of ketones is 1. The fourth-order valence-electron chi connectivity index (χ4n) is 8.76. The van der Waals surface area contributed by atoms with E-state index < -0.39 is 64.1 Å². The zero-order chi connectivity index (χ0) is 22.6. The molecule has 2 aliphatic heterocycles. The minimum atomic E-state index is -2.09. The summed E-state index contributed by atoms with van der Waals surface area (Å²) in [6, 6.07) is 0. The largest absolute Gasteiger partial charge is 0.462 e. The van der Waals surface area contributed by atoms with Gasteiger partial charge in [-0.25, -0.2) is 0 Å². The van der Waals surface area contributed by atoms with E-state index in [0.717, 1.165) is 0 Å². The Balaban J connectivity index is 1.76. The van der Waals surface area contributed by atoms with Gasteiger partial charge in [-0.2, -0.15) is 0 Å². The van der Waals surface area contributed by atoms with Crippen LogP contribution in [-0.2, 0) is 23.8 Å². The Bertz CT molecular complexity index is 811. The Morgan fingerprint density at radius 2 is 1.97 bits per heavy atom. The van der Waals surface area contributed by atoms with Crippen LogP contribution in [0.2, 0.25) is 0 Å². The van der Waals surface area contributed by atoms with Crippen LogP contribution in [0, 0.1) is 39.9 Å².